The third-order valence-electron chi connectivity index (χ3n) is 1.71. The quantitative estimate of drug-likeness (QED) is 0.602. The summed E-state index contributed by atoms with van der Waals surface area (Å²) in [5.41, 5.74) is 1.53. The Balaban J connectivity index is 0.00000225. The third kappa shape index (κ3) is 3.23. The van der Waals surface area contributed by atoms with Gasteiger partial charge in [0.1, 0.15) is 0 Å². The van der Waals surface area contributed by atoms with E-state index >= 15 is 0 Å². The number of nitrogens with zero attached hydrogens (tertiary/aromatic N) is 1. The van der Waals surface area contributed by atoms with Crippen molar-refractivity contribution < 1.29 is 6.22 Å². The van der Waals surface area contributed by atoms with Crippen molar-refractivity contribution in [1.82, 2.24) is 4.98 Å². The molecule has 0 spiro atoms. The number of pyridine rings is 1. The van der Waals surface area contributed by atoms with Gasteiger partial charge in [0.25, 0.3) is 0 Å². The van der Waals surface area contributed by atoms with Gasteiger partial charge in [0.15, 0.2) is 0 Å². The first-order chi connectivity index (χ1) is 7.27. The van der Waals surface area contributed by atoms with Crippen molar-refractivity contribution >= 4 is 17.7 Å². The van der Waals surface area contributed by atoms with Crippen LogP contribution in [-0.2, 0) is 4.79 Å². The second kappa shape index (κ2) is 5.54. The predicted molar refractivity (Wildman–Crippen MR) is 64.4 cm³/mol. The van der Waals surface area contributed by atoms with Gasteiger partial charge in [0, 0.05) is 19.4 Å². The van der Waals surface area contributed by atoms with E-state index in [2.05, 4.69) is 23.5 Å². The Kier molecular flexibility index (Phi) is 4.04. The van der Waals surface area contributed by atoms with Crippen LogP contribution >= 0.6 is 0 Å². The van der Waals surface area contributed by atoms with E-state index in [1.54, 1.807) is 30.6 Å². The van der Waals surface area contributed by atoms with Gasteiger partial charge >= 0.3 is 0 Å². The molecule has 0 unspecified atom stereocenters. The van der Waals surface area contributed by atoms with Gasteiger partial charge < -0.3 is 5.32 Å². The number of anilines is 1. The fourth-order valence-corrected chi connectivity index (χ4v) is 1.01. The normalized spacial score (nSPS) is 9.87. The summed E-state index contributed by atoms with van der Waals surface area (Å²) >= 11 is 0. The maximum atomic E-state index is 11.1. The molecule has 1 aromatic rings. The molecule has 78 valence electrons. The number of carbonyl (C=O) groups is 1. The van der Waals surface area contributed by atoms with E-state index in [0.717, 1.165) is 5.56 Å². The van der Waals surface area contributed by atoms with Gasteiger partial charge in [-0.3, -0.25) is 9.78 Å². The van der Waals surface area contributed by atoms with Crippen molar-refractivity contribution in [3.05, 3.63) is 55.4 Å². The van der Waals surface area contributed by atoms with Crippen LogP contribution in [0, 0.1) is 0 Å². The first-order valence-corrected chi connectivity index (χ1v) is 4.44. The van der Waals surface area contributed by atoms with Gasteiger partial charge in [0.05, 0.1) is 5.69 Å². The van der Waals surface area contributed by atoms with Crippen LogP contribution in [0.4, 0.5) is 5.69 Å². The topological polar surface area (TPSA) is 42.0 Å². The summed E-state index contributed by atoms with van der Waals surface area (Å²) < 4.78 is 0. The Bertz CT molecular complexity index is 413. The SMILES string of the molecule is C=C/C=C/c1cnccc1NC(=O)C=C.[HH]. The highest BCUT2D eigenvalue weighted by Gasteiger charge is 2.00. The Hall–Kier alpha value is -2.16. The highest BCUT2D eigenvalue weighted by atomic mass is 16.1. The summed E-state index contributed by atoms with van der Waals surface area (Å²) in [7, 11) is 0. The molecule has 0 bridgehead atoms. The van der Waals surface area contributed by atoms with E-state index in [9.17, 15) is 4.79 Å². The zero-order chi connectivity index (χ0) is 11.1. The van der Waals surface area contributed by atoms with Crippen molar-refractivity contribution in [3.8, 4) is 0 Å². The Labute approximate surface area is 90.3 Å². The fraction of sp³-hybridized carbons (Fsp3) is 0. The third-order valence-corrected chi connectivity index (χ3v) is 1.71. The molecule has 1 aromatic heterocycles. The maximum Gasteiger partial charge on any atom is 0.247 e. The fourth-order valence-electron chi connectivity index (χ4n) is 1.01. The van der Waals surface area contributed by atoms with Gasteiger partial charge in [-0.05, 0) is 12.1 Å². The van der Waals surface area contributed by atoms with E-state index in [0.29, 0.717) is 5.69 Å². The number of amides is 1. The zero-order valence-electron chi connectivity index (χ0n) is 8.31. The lowest BCUT2D eigenvalue weighted by Crippen LogP contribution is -2.08. The summed E-state index contributed by atoms with van der Waals surface area (Å²) in [4.78, 5) is 15.1. The molecule has 0 aliphatic rings. The van der Waals surface area contributed by atoms with Crippen LogP contribution in [-0.4, -0.2) is 10.9 Å². The maximum absolute atomic E-state index is 11.1. The number of rotatable bonds is 4. The summed E-state index contributed by atoms with van der Waals surface area (Å²) in [6, 6.07) is 1.73. The highest BCUT2D eigenvalue weighted by Crippen LogP contribution is 2.15. The molecular weight excluding hydrogens is 188 g/mol. The average Bonchev–Trinajstić information content (AvgIpc) is 2.28. The summed E-state index contributed by atoms with van der Waals surface area (Å²) in [6.07, 6.45) is 9.76. The molecule has 0 saturated heterocycles. The molecule has 15 heavy (non-hydrogen) atoms. The molecule has 1 N–H and O–H groups in total. The highest BCUT2D eigenvalue weighted by molar-refractivity contribution is 6.00. The lowest BCUT2D eigenvalue weighted by atomic mass is 10.2. The molecule has 0 atom stereocenters. The molecule has 0 fully saturated rings. The Morgan fingerprint density at radius 1 is 1.53 bits per heavy atom. The average molecular weight is 202 g/mol. The molecule has 0 radical (unpaired) electrons. The number of carbonyl (C=O) groups excluding carboxylic acids is 1. The zero-order valence-corrected chi connectivity index (χ0v) is 8.31. The summed E-state index contributed by atoms with van der Waals surface area (Å²) in [6.45, 7) is 6.96. The van der Waals surface area contributed by atoms with E-state index < -0.39 is 0 Å². The molecule has 0 saturated carbocycles. The monoisotopic (exact) mass is 202 g/mol. The lowest BCUT2D eigenvalue weighted by molar-refractivity contribution is -0.111. The number of hydrogen-bond donors (Lipinski definition) is 1. The van der Waals surface area contributed by atoms with Crippen LogP contribution in [0.25, 0.3) is 6.08 Å². The predicted octanol–water partition coefficient (Wildman–Crippen LogP) is 2.65. The molecule has 3 nitrogen and oxygen atoms in total. The van der Waals surface area contributed by atoms with Crippen molar-refractivity contribution in [2.45, 2.75) is 0 Å². The molecule has 0 aliphatic carbocycles. The van der Waals surface area contributed by atoms with E-state index in [1.165, 1.54) is 6.08 Å². The summed E-state index contributed by atoms with van der Waals surface area (Å²) in [5, 5.41) is 2.69. The van der Waals surface area contributed by atoms with Crippen LogP contribution in [0.15, 0.2) is 49.8 Å². The van der Waals surface area contributed by atoms with Gasteiger partial charge in [-0.25, -0.2) is 0 Å². The van der Waals surface area contributed by atoms with Crippen molar-refractivity contribution in [1.29, 1.82) is 0 Å². The Morgan fingerprint density at radius 2 is 2.33 bits per heavy atom. The minimum Gasteiger partial charge on any atom is -0.322 e. The van der Waals surface area contributed by atoms with Gasteiger partial charge in [-0.15, -0.1) is 0 Å². The molecule has 0 aliphatic heterocycles. The molecular formula is C12H14N2O. The first-order valence-electron chi connectivity index (χ1n) is 4.44. The standard InChI is InChI=1S/C12H12N2O.H2/c1-3-5-6-10-9-13-8-7-11(10)14-12(15)4-2;/h3-9H,1-2H2,(H,13,14,15);1H/b6-5+;. The minimum atomic E-state index is -0.241. The van der Waals surface area contributed by atoms with Gasteiger partial charge in [-0.2, -0.15) is 0 Å². The smallest absolute Gasteiger partial charge is 0.247 e. The van der Waals surface area contributed by atoms with Crippen LogP contribution in [0.1, 0.15) is 6.99 Å². The second-order valence-corrected chi connectivity index (χ2v) is 2.75. The van der Waals surface area contributed by atoms with E-state index in [1.807, 2.05) is 6.08 Å². The molecule has 0 aromatic carbocycles. The van der Waals surface area contributed by atoms with Crippen LogP contribution in [0.3, 0.4) is 0 Å². The molecule has 1 amide bonds. The molecule has 1 rings (SSSR count). The van der Waals surface area contributed by atoms with Gasteiger partial charge in [-0.1, -0.05) is 31.4 Å². The number of hydrogen-bond acceptors (Lipinski definition) is 2. The largest absolute Gasteiger partial charge is 0.322 e. The van der Waals surface area contributed by atoms with Crippen LogP contribution < -0.4 is 5.32 Å². The Morgan fingerprint density at radius 3 is 3.00 bits per heavy atom. The molecule has 3 heteroatoms. The first kappa shape index (κ1) is 10.9. The van der Waals surface area contributed by atoms with Gasteiger partial charge in [0.2, 0.25) is 5.91 Å². The van der Waals surface area contributed by atoms with Crippen LogP contribution in [0.2, 0.25) is 0 Å². The van der Waals surface area contributed by atoms with E-state index in [-0.39, 0.29) is 7.33 Å². The lowest BCUT2D eigenvalue weighted by Gasteiger charge is -2.04. The number of aromatic nitrogens is 1. The minimum absolute atomic E-state index is 0. The van der Waals surface area contributed by atoms with Crippen molar-refractivity contribution in [2.75, 3.05) is 5.32 Å². The van der Waals surface area contributed by atoms with E-state index in [4.69, 9.17) is 0 Å². The van der Waals surface area contributed by atoms with Crippen molar-refractivity contribution in [2.24, 2.45) is 0 Å². The summed E-state index contributed by atoms with van der Waals surface area (Å²) in [5.74, 6) is -0.241. The second-order valence-electron chi connectivity index (χ2n) is 2.75. The molecule has 1 heterocycles. The van der Waals surface area contributed by atoms with Crippen molar-refractivity contribution in [3.63, 3.8) is 0 Å². The van der Waals surface area contributed by atoms with Crippen LogP contribution in [0.5, 0.6) is 0 Å². The number of nitrogens with one attached hydrogen (secondary N) is 1. The number of allylic oxidation sites excluding steroid dienone is 2.